The van der Waals surface area contributed by atoms with Crippen molar-refractivity contribution in [3.63, 3.8) is 0 Å². The second-order valence-corrected chi connectivity index (χ2v) is 5.05. The zero-order valence-corrected chi connectivity index (χ0v) is 12.2. The molecule has 0 aliphatic rings. The first-order valence-corrected chi connectivity index (χ1v) is 6.50. The summed E-state index contributed by atoms with van der Waals surface area (Å²) >= 11 is 5.90. The summed E-state index contributed by atoms with van der Waals surface area (Å²) in [5.41, 5.74) is 0.755. The second-order valence-electron chi connectivity index (χ2n) is 4.61. The van der Waals surface area contributed by atoms with Crippen molar-refractivity contribution in [2.45, 2.75) is 0 Å². The lowest BCUT2D eigenvalue weighted by atomic mass is 10.1. The summed E-state index contributed by atoms with van der Waals surface area (Å²) in [5, 5.41) is 2.97. The molecule has 0 spiro atoms. The first-order chi connectivity index (χ1) is 9.90. The number of amides is 1. The maximum absolute atomic E-state index is 13.6. The van der Waals surface area contributed by atoms with Crippen LogP contribution in [0.15, 0.2) is 36.4 Å². The van der Waals surface area contributed by atoms with E-state index in [9.17, 15) is 13.6 Å². The first kappa shape index (κ1) is 15.3. The number of halogens is 3. The fourth-order valence-electron chi connectivity index (χ4n) is 1.87. The Bertz CT molecular complexity index is 689. The van der Waals surface area contributed by atoms with Crippen molar-refractivity contribution in [3.05, 3.63) is 58.6 Å². The smallest absolute Gasteiger partial charge is 0.258 e. The maximum atomic E-state index is 13.6. The molecule has 0 aliphatic heterocycles. The molecule has 2 aromatic carbocycles. The van der Waals surface area contributed by atoms with Gasteiger partial charge in [-0.05, 0) is 30.3 Å². The molecule has 110 valence electrons. The minimum absolute atomic E-state index is 0.361. The van der Waals surface area contributed by atoms with Gasteiger partial charge in [-0.15, -0.1) is 0 Å². The number of benzene rings is 2. The van der Waals surface area contributed by atoms with Crippen LogP contribution in [0.3, 0.4) is 0 Å². The number of nitrogens with one attached hydrogen (secondary N) is 1. The molecule has 2 aromatic rings. The Hall–Kier alpha value is -2.14. The van der Waals surface area contributed by atoms with Crippen LogP contribution in [0.4, 0.5) is 20.2 Å². The van der Waals surface area contributed by atoms with Gasteiger partial charge in [-0.1, -0.05) is 17.7 Å². The number of nitrogens with zero attached hydrogens (tertiary/aromatic N) is 1. The van der Waals surface area contributed by atoms with Crippen LogP contribution in [0, 0.1) is 11.6 Å². The van der Waals surface area contributed by atoms with Crippen LogP contribution in [-0.4, -0.2) is 20.0 Å². The first-order valence-electron chi connectivity index (χ1n) is 6.12. The predicted molar refractivity (Wildman–Crippen MR) is 80.1 cm³/mol. The van der Waals surface area contributed by atoms with Crippen molar-refractivity contribution in [3.8, 4) is 0 Å². The zero-order chi connectivity index (χ0) is 15.6. The Balaban J connectivity index is 2.36. The highest BCUT2D eigenvalue weighted by Crippen LogP contribution is 2.28. The summed E-state index contributed by atoms with van der Waals surface area (Å²) in [7, 11) is 3.59. The van der Waals surface area contributed by atoms with Gasteiger partial charge >= 0.3 is 0 Å². The Labute approximate surface area is 126 Å². The molecular weight excluding hydrogens is 298 g/mol. The molecule has 0 aliphatic carbocycles. The third kappa shape index (κ3) is 3.31. The van der Waals surface area contributed by atoms with E-state index in [1.807, 2.05) is 0 Å². The lowest BCUT2D eigenvalue weighted by Crippen LogP contribution is -2.18. The zero-order valence-electron chi connectivity index (χ0n) is 11.5. The van der Waals surface area contributed by atoms with Crippen LogP contribution < -0.4 is 10.2 Å². The molecule has 1 amide bonds. The lowest BCUT2D eigenvalue weighted by Gasteiger charge is -2.18. The average Bonchev–Trinajstić information content (AvgIpc) is 2.41. The normalized spacial score (nSPS) is 10.3. The van der Waals surface area contributed by atoms with E-state index in [0.717, 1.165) is 6.07 Å². The minimum Gasteiger partial charge on any atom is -0.376 e. The van der Waals surface area contributed by atoms with E-state index in [1.54, 1.807) is 37.2 Å². The second kappa shape index (κ2) is 6.10. The molecule has 1 N–H and O–H groups in total. The standard InChI is InChI=1S/C15H13ClF2N2O/c1-20(2)13-7-6-9(16)8-12(13)19-15(21)10-4-3-5-11(17)14(10)18/h3-8H,1-2H3,(H,19,21). The highest BCUT2D eigenvalue weighted by atomic mass is 35.5. The van der Waals surface area contributed by atoms with Crippen LogP contribution in [0.5, 0.6) is 0 Å². The van der Waals surface area contributed by atoms with Crippen LogP contribution in [0.25, 0.3) is 0 Å². The molecule has 0 heterocycles. The van der Waals surface area contributed by atoms with Crippen molar-refractivity contribution < 1.29 is 13.6 Å². The molecular formula is C15H13ClF2N2O. The molecule has 0 radical (unpaired) electrons. The third-order valence-corrected chi connectivity index (χ3v) is 3.12. The van der Waals surface area contributed by atoms with Crippen molar-refractivity contribution >= 4 is 28.9 Å². The fourth-order valence-corrected chi connectivity index (χ4v) is 2.04. The molecule has 2 rings (SSSR count). The topological polar surface area (TPSA) is 32.3 Å². The molecule has 0 bridgehead atoms. The molecule has 0 aromatic heterocycles. The van der Waals surface area contributed by atoms with E-state index in [4.69, 9.17) is 11.6 Å². The van der Waals surface area contributed by atoms with E-state index >= 15 is 0 Å². The summed E-state index contributed by atoms with van der Waals surface area (Å²) in [6.07, 6.45) is 0. The van der Waals surface area contributed by atoms with Crippen molar-refractivity contribution in [2.24, 2.45) is 0 Å². The summed E-state index contributed by atoms with van der Waals surface area (Å²) < 4.78 is 26.8. The molecule has 0 fully saturated rings. The van der Waals surface area contributed by atoms with E-state index in [2.05, 4.69) is 5.32 Å². The van der Waals surface area contributed by atoms with Crippen LogP contribution >= 0.6 is 11.6 Å². The van der Waals surface area contributed by atoms with E-state index < -0.39 is 17.5 Å². The third-order valence-electron chi connectivity index (χ3n) is 2.88. The Kier molecular flexibility index (Phi) is 4.43. The van der Waals surface area contributed by atoms with E-state index in [0.29, 0.717) is 16.4 Å². The number of rotatable bonds is 3. The van der Waals surface area contributed by atoms with Gasteiger partial charge in [-0.25, -0.2) is 8.78 Å². The molecule has 6 heteroatoms. The van der Waals surface area contributed by atoms with Gasteiger partial charge in [0.15, 0.2) is 11.6 Å². The van der Waals surface area contributed by atoms with E-state index in [1.165, 1.54) is 12.1 Å². The SMILES string of the molecule is CN(C)c1ccc(Cl)cc1NC(=O)c1cccc(F)c1F. The number of hydrogen-bond donors (Lipinski definition) is 1. The fraction of sp³-hybridized carbons (Fsp3) is 0.133. The molecule has 0 saturated carbocycles. The lowest BCUT2D eigenvalue weighted by molar-refractivity contribution is 0.102. The van der Waals surface area contributed by atoms with Crippen LogP contribution in [0.2, 0.25) is 5.02 Å². The van der Waals surface area contributed by atoms with Gasteiger partial charge < -0.3 is 10.2 Å². The maximum Gasteiger partial charge on any atom is 0.258 e. The Morgan fingerprint density at radius 1 is 1.19 bits per heavy atom. The van der Waals surface area contributed by atoms with E-state index in [-0.39, 0.29) is 5.56 Å². The summed E-state index contributed by atoms with van der Waals surface area (Å²) in [6, 6.07) is 8.39. The molecule has 0 unspecified atom stereocenters. The van der Waals surface area contributed by atoms with Gasteiger partial charge in [0, 0.05) is 19.1 Å². The average molecular weight is 311 g/mol. The predicted octanol–water partition coefficient (Wildman–Crippen LogP) is 3.94. The van der Waals surface area contributed by atoms with Crippen molar-refractivity contribution in [1.29, 1.82) is 0 Å². The van der Waals surface area contributed by atoms with Gasteiger partial charge in [0.1, 0.15) is 0 Å². The highest BCUT2D eigenvalue weighted by molar-refractivity contribution is 6.31. The highest BCUT2D eigenvalue weighted by Gasteiger charge is 2.17. The Morgan fingerprint density at radius 3 is 2.57 bits per heavy atom. The van der Waals surface area contributed by atoms with Crippen LogP contribution in [-0.2, 0) is 0 Å². The molecule has 0 saturated heterocycles. The molecule has 0 atom stereocenters. The van der Waals surface area contributed by atoms with Crippen molar-refractivity contribution in [1.82, 2.24) is 0 Å². The quantitative estimate of drug-likeness (QED) is 0.931. The largest absolute Gasteiger partial charge is 0.376 e. The van der Waals surface area contributed by atoms with Crippen molar-refractivity contribution in [2.75, 3.05) is 24.3 Å². The van der Waals surface area contributed by atoms with Gasteiger partial charge in [0.2, 0.25) is 0 Å². The Morgan fingerprint density at radius 2 is 1.90 bits per heavy atom. The van der Waals surface area contributed by atoms with Gasteiger partial charge in [-0.2, -0.15) is 0 Å². The number of hydrogen-bond acceptors (Lipinski definition) is 2. The molecule has 21 heavy (non-hydrogen) atoms. The number of carbonyl (C=O) groups is 1. The molecule has 3 nitrogen and oxygen atoms in total. The van der Waals surface area contributed by atoms with Gasteiger partial charge in [0.25, 0.3) is 5.91 Å². The van der Waals surface area contributed by atoms with Gasteiger partial charge in [0.05, 0.1) is 16.9 Å². The number of carbonyl (C=O) groups excluding carboxylic acids is 1. The van der Waals surface area contributed by atoms with Gasteiger partial charge in [-0.3, -0.25) is 4.79 Å². The van der Waals surface area contributed by atoms with Crippen LogP contribution in [0.1, 0.15) is 10.4 Å². The summed E-state index contributed by atoms with van der Waals surface area (Å²) in [6.45, 7) is 0. The number of anilines is 2. The summed E-state index contributed by atoms with van der Waals surface area (Å²) in [4.78, 5) is 13.9. The minimum atomic E-state index is -1.18. The monoisotopic (exact) mass is 310 g/mol. The summed E-state index contributed by atoms with van der Waals surface area (Å²) in [5.74, 6) is -2.98.